The molecule has 104 valence electrons. The highest BCUT2D eigenvalue weighted by atomic mass is 79.9. The fraction of sp³-hybridized carbons (Fsp3) is 0.500. The highest BCUT2D eigenvalue weighted by molar-refractivity contribution is 9.11. The Morgan fingerprint density at radius 1 is 1.21 bits per heavy atom. The predicted molar refractivity (Wildman–Crippen MR) is 85.5 cm³/mol. The molecule has 0 radical (unpaired) electrons. The average molecular weight is 390 g/mol. The Morgan fingerprint density at radius 2 is 1.79 bits per heavy atom. The van der Waals surface area contributed by atoms with Crippen LogP contribution in [0.3, 0.4) is 0 Å². The van der Waals surface area contributed by atoms with Gasteiger partial charge in [-0.2, -0.15) is 0 Å². The van der Waals surface area contributed by atoms with Crippen LogP contribution in [0.2, 0.25) is 0 Å². The first-order chi connectivity index (χ1) is 9.06. The molecule has 3 nitrogen and oxygen atoms in total. The van der Waals surface area contributed by atoms with Gasteiger partial charge in [0.1, 0.15) is 0 Å². The van der Waals surface area contributed by atoms with E-state index in [1.54, 1.807) is 0 Å². The average Bonchev–Trinajstić information content (AvgIpc) is 2.35. The molecular weight excluding hydrogens is 372 g/mol. The summed E-state index contributed by atoms with van der Waals surface area (Å²) in [5.41, 5.74) is 1.96. The second kappa shape index (κ2) is 6.86. The van der Waals surface area contributed by atoms with Crippen LogP contribution in [-0.2, 0) is 4.79 Å². The van der Waals surface area contributed by atoms with E-state index < -0.39 is 0 Å². The van der Waals surface area contributed by atoms with Gasteiger partial charge in [0.15, 0.2) is 0 Å². The van der Waals surface area contributed by atoms with E-state index in [4.69, 9.17) is 0 Å². The highest BCUT2D eigenvalue weighted by Crippen LogP contribution is 2.32. The number of carbonyl (C=O) groups is 1. The Hall–Kier alpha value is -0.390. The number of carbonyl (C=O) groups excluding carboxylic acids is 1. The number of hydrogen-bond donors (Lipinski definition) is 1. The van der Waals surface area contributed by atoms with Gasteiger partial charge in [-0.15, -0.1) is 0 Å². The maximum absolute atomic E-state index is 12.1. The molecule has 1 heterocycles. The molecule has 1 saturated heterocycles. The smallest absolute Gasteiger partial charge is 0.238 e. The lowest BCUT2D eigenvalue weighted by Crippen LogP contribution is -2.36. The molecule has 1 aliphatic rings. The zero-order chi connectivity index (χ0) is 13.8. The molecule has 0 aliphatic carbocycles. The van der Waals surface area contributed by atoms with Crippen molar-refractivity contribution >= 4 is 43.5 Å². The molecule has 1 amide bonds. The van der Waals surface area contributed by atoms with Crippen LogP contribution in [0.15, 0.2) is 21.1 Å². The Bertz CT molecular complexity index is 448. The molecule has 1 fully saturated rings. The number of hydrogen-bond acceptors (Lipinski definition) is 2. The second-order valence-electron chi connectivity index (χ2n) is 4.99. The van der Waals surface area contributed by atoms with Crippen molar-refractivity contribution in [2.45, 2.75) is 26.2 Å². The largest absolute Gasteiger partial charge is 0.323 e. The van der Waals surface area contributed by atoms with E-state index in [0.717, 1.165) is 33.3 Å². The minimum Gasteiger partial charge on any atom is -0.323 e. The molecule has 0 aromatic heterocycles. The number of likely N-dealkylation sites (tertiary alicyclic amines) is 1. The molecule has 1 aromatic carbocycles. The van der Waals surface area contributed by atoms with E-state index in [-0.39, 0.29) is 5.91 Å². The molecule has 0 unspecified atom stereocenters. The maximum atomic E-state index is 12.1. The van der Waals surface area contributed by atoms with Crippen LogP contribution in [-0.4, -0.2) is 30.4 Å². The molecule has 0 spiro atoms. The number of anilines is 1. The number of benzene rings is 1. The standard InChI is InChI=1S/C14H18Br2N2O/c1-10-7-11(15)14(12(16)8-10)17-13(19)9-18-5-3-2-4-6-18/h7-8H,2-6,9H2,1H3,(H,17,19). The number of aryl methyl sites for hydroxylation is 1. The molecule has 1 aromatic rings. The van der Waals surface area contributed by atoms with Crippen molar-refractivity contribution in [3.05, 3.63) is 26.6 Å². The summed E-state index contributed by atoms with van der Waals surface area (Å²) in [5, 5.41) is 2.98. The van der Waals surface area contributed by atoms with Crippen molar-refractivity contribution < 1.29 is 4.79 Å². The summed E-state index contributed by atoms with van der Waals surface area (Å²) in [6.07, 6.45) is 3.68. The molecule has 1 N–H and O–H groups in total. The Morgan fingerprint density at radius 3 is 2.37 bits per heavy atom. The number of rotatable bonds is 3. The lowest BCUT2D eigenvalue weighted by atomic mass is 10.1. The fourth-order valence-corrected chi connectivity index (χ4v) is 3.93. The van der Waals surface area contributed by atoms with E-state index in [2.05, 4.69) is 42.1 Å². The van der Waals surface area contributed by atoms with Crippen LogP contribution >= 0.6 is 31.9 Å². The van der Waals surface area contributed by atoms with Crippen LogP contribution in [0.1, 0.15) is 24.8 Å². The van der Waals surface area contributed by atoms with Crippen molar-refractivity contribution in [2.75, 3.05) is 25.0 Å². The Kier molecular flexibility index (Phi) is 5.42. The van der Waals surface area contributed by atoms with E-state index in [1.165, 1.54) is 19.3 Å². The maximum Gasteiger partial charge on any atom is 0.238 e. The zero-order valence-corrected chi connectivity index (χ0v) is 14.2. The molecule has 0 bridgehead atoms. The summed E-state index contributed by atoms with van der Waals surface area (Å²) in [7, 11) is 0. The zero-order valence-electron chi connectivity index (χ0n) is 11.0. The van der Waals surface area contributed by atoms with E-state index in [1.807, 2.05) is 19.1 Å². The van der Waals surface area contributed by atoms with Crippen LogP contribution in [0.25, 0.3) is 0 Å². The van der Waals surface area contributed by atoms with E-state index in [0.29, 0.717) is 6.54 Å². The topological polar surface area (TPSA) is 32.3 Å². The Labute approximate surface area is 131 Å². The molecule has 2 rings (SSSR count). The lowest BCUT2D eigenvalue weighted by molar-refractivity contribution is -0.117. The molecule has 0 atom stereocenters. The number of piperidine rings is 1. The summed E-state index contributed by atoms with van der Waals surface area (Å²) >= 11 is 6.99. The summed E-state index contributed by atoms with van der Waals surface area (Å²) in [6.45, 7) is 4.56. The number of nitrogens with one attached hydrogen (secondary N) is 1. The van der Waals surface area contributed by atoms with Crippen molar-refractivity contribution in [3.63, 3.8) is 0 Å². The quantitative estimate of drug-likeness (QED) is 0.848. The lowest BCUT2D eigenvalue weighted by Gasteiger charge is -2.25. The van der Waals surface area contributed by atoms with E-state index in [9.17, 15) is 4.79 Å². The summed E-state index contributed by atoms with van der Waals surface area (Å²) in [5.74, 6) is 0.0483. The van der Waals surface area contributed by atoms with Gasteiger partial charge < -0.3 is 5.32 Å². The highest BCUT2D eigenvalue weighted by Gasteiger charge is 2.15. The minimum atomic E-state index is 0.0483. The number of amides is 1. The molecule has 1 aliphatic heterocycles. The third kappa shape index (κ3) is 4.29. The van der Waals surface area contributed by atoms with Gasteiger partial charge in [0.05, 0.1) is 12.2 Å². The monoisotopic (exact) mass is 388 g/mol. The van der Waals surface area contributed by atoms with Crippen molar-refractivity contribution in [1.82, 2.24) is 4.90 Å². The first-order valence-corrected chi connectivity index (χ1v) is 8.13. The second-order valence-corrected chi connectivity index (χ2v) is 6.70. The normalized spacial score (nSPS) is 16.4. The Balaban J connectivity index is 1.98. The fourth-order valence-electron chi connectivity index (χ4n) is 2.32. The molecule has 19 heavy (non-hydrogen) atoms. The molecule has 0 saturated carbocycles. The molecular formula is C14H18Br2N2O. The predicted octanol–water partition coefficient (Wildman–Crippen LogP) is 3.94. The SMILES string of the molecule is Cc1cc(Br)c(NC(=O)CN2CCCCC2)c(Br)c1. The van der Waals surface area contributed by atoms with Crippen LogP contribution in [0.5, 0.6) is 0 Å². The first kappa shape index (κ1) is 15.0. The third-order valence-corrected chi connectivity index (χ3v) is 4.52. The summed E-state index contributed by atoms with van der Waals surface area (Å²) < 4.78 is 1.82. The van der Waals surface area contributed by atoms with Crippen LogP contribution in [0, 0.1) is 6.92 Å². The number of nitrogens with zero attached hydrogens (tertiary/aromatic N) is 1. The van der Waals surface area contributed by atoms with Gasteiger partial charge >= 0.3 is 0 Å². The first-order valence-electron chi connectivity index (χ1n) is 6.54. The van der Waals surface area contributed by atoms with Gasteiger partial charge in [-0.1, -0.05) is 6.42 Å². The van der Waals surface area contributed by atoms with Crippen LogP contribution in [0.4, 0.5) is 5.69 Å². The van der Waals surface area contributed by atoms with Gasteiger partial charge in [-0.25, -0.2) is 0 Å². The summed E-state index contributed by atoms with van der Waals surface area (Å²) in [4.78, 5) is 14.3. The molecule has 5 heteroatoms. The van der Waals surface area contributed by atoms with Gasteiger partial charge in [-0.05, 0) is 82.4 Å². The van der Waals surface area contributed by atoms with Crippen molar-refractivity contribution in [1.29, 1.82) is 0 Å². The summed E-state index contributed by atoms with van der Waals surface area (Å²) in [6, 6.07) is 4.00. The van der Waals surface area contributed by atoms with Crippen molar-refractivity contribution in [2.24, 2.45) is 0 Å². The van der Waals surface area contributed by atoms with E-state index >= 15 is 0 Å². The van der Waals surface area contributed by atoms with Gasteiger partial charge in [0, 0.05) is 8.95 Å². The number of halogens is 2. The third-order valence-electron chi connectivity index (χ3n) is 3.27. The van der Waals surface area contributed by atoms with Gasteiger partial charge in [-0.3, -0.25) is 9.69 Å². The minimum absolute atomic E-state index is 0.0483. The van der Waals surface area contributed by atoms with Crippen molar-refractivity contribution in [3.8, 4) is 0 Å². The van der Waals surface area contributed by atoms with Gasteiger partial charge in [0.2, 0.25) is 5.91 Å². The van der Waals surface area contributed by atoms with Gasteiger partial charge in [0.25, 0.3) is 0 Å². The van der Waals surface area contributed by atoms with Crippen LogP contribution < -0.4 is 5.32 Å².